The highest BCUT2D eigenvalue weighted by Crippen LogP contribution is 2.15. The Hall–Kier alpha value is -0.770. The van der Waals surface area contributed by atoms with Gasteiger partial charge in [-0.25, -0.2) is 4.79 Å². The monoisotopic (exact) mass is 200 g/mol. The van der Waals surface area contributed by atoms with Crippen LogP contribution in [0.4, 0.5) is 4.79 Å². The lowest BCUT2D eigenvalue weighted by Crippen LogP contribution is -2.47. The van der Waals surface area contributed by atoms with Gasteiger partial charge in [-0.15, -0.1) is 0 Å². The van der Waals surface area contributed by atoms with Gasteiger partial charge in [0.1, 0.15) is 0 Å². The number of hydrogen-bond acceptors (Lipinski definition) is 2. The van der Waals surface area contributed by atoms with Crippen LogP contribution in [-0.2, 0) is 4.74 Å². The molecule has 1 saturated heterocycles. The van der Waals surface area contributed by atoms with Crippen LogP contribution in [0.15, 0.2) is 0 Å². The second-order valence-electron chi connectivity index (χ2n) is 3.70. The molecule has 1 rings (SSSR count). The fraction of sp³-hybridized carbons (Fsp3) is 0.900. The summed E-state index contributed by atoms with van der Waals surface area (Å²) in [5.74, 6) is 0. The van der Waals surface area contributed by atoms with Gasteiger partial charge in [0.05, 0.1) is 12.1 Å². The largest absolute Gasteiger partial charge is 0.376 e. The van der Waals surface area contributed by atoms with E-state index < -0.39 is 0 Å². The number of amides is 2. The van der Waals surface area contributed by atoms with E-state index in [0.29, 0.717) is 6.54 Å². The Labute approximate surface area is 85.4 Å². The SMILES string of the molecule is CCNC(=O)NC(C)C1CCCCO1. The van der Waals surface area contributed by atoms with E-state index in [1.54, 1.807) is 0 Å². The third kappa shape index (κ3) is 3.54. The van der Waals surface area contributed by atoms with Crippen LogP contribution in [0.1, 0.15) is 33.1 Å². The number of nitrogens with one attached hydrogen (secondary N) is 2. The molecule has 0 aliphatic carbocycles. The van der Waals surface area contributed by atoms with Crippen molar-refractivity contribution in [3.8, 4) is 0 Å². The molecule has 0 aromatic heterocycles. The summed E-state index contributed by atoms with van der Waals surface area (Å²) in [5, 5.41) is 5.59. The molecule has 0 spiro atoms. The van der Waals surface area contributed by atoms with Crippen LogP contribution in [-0.4, -0.2) is 31.3 Å². The molecule has 1 heterocycles. The molecule has 1 aliphatic rings. The van der Waals surface area contributed by atoms with Crippen molar-refractivity contribution in [3.05, 3.63) is 0 Å². The minimum atomic E-state index is -0.103. The second kappa shape index (κ2) is 5.86. The van der Waals surface area contributed by atoms with Gasteiger partial charge in [-0.05, 0) is 33.1 Å². The first-order chi connectivity index (χ1) is 6.74. The van der Waals surface area contributed by atoms with Crippen molar-refractivity contribution < 1.29 is 9.53 Å². The highest BCUT2D eigenvalue weighted by atomic mass is 16.5. The summed E-state index contributed by atoms with van der Waals surface area (Å²) in [6.45, 7) is 5.38. The molecule has 0 radical (unpaired) electrons. The van der Waals surface area contributed by atoms with Crippen molar-refractivity contribution in [1.82, 2.24) is 10.6 Å². The summed E-state index contributed by atoms with van der Waals surface area (Å²) in [4.78, 5) is 11.2. The number of carbonyl (C=O) groups excluding carboxylic acids is 1. The van der Waals surface area contributed by atoms with Crippen LogP contribution in [0.3, 0.4) is 0 Å². The first-order valence-corrected chi connectivity index (χ1v) is 5.40. The highest BCUT2D eigenvalue weighted by molar-refractivity contribution is 5.74. The molecule has 2 atom stereocenters. The Kier molecular flexibility index (Phi) is 4.73. The molecule has 0 saturated carbocycles. The molecule has 0 aromatic carbocycles. The molecule has 0 bridgehead atoms. The van der Waals surface area contributed by atoms with E-state index in [0.717, 1.165) is 19.4 Å². The molecule has 1 fully saturated rings. The zero-order chi connectivity index (χ0) is 10.4. The van der Waals surface area contributed by atoms with E-state index in [1.165, 1.54) is 6.42 Å². The average molecular weight is 200 g/mol. The van der Waals surface area contributed by atoms with E-state index >= 15 is 0 Å². The maximum atomic E-state index is 11.2. The summed E-state index contributed by atoms with van der Waals surface area (Å²) in [7, 11) is 0. The van der Waals surface area contributed by atoms with Gasteiger partial charge in [-0.1, -0.05) is 0 Å². The average Bonchev–Trinajstić information content (AvgIpc) is 2.19. The summed E-state index contributed by atoms with van der Waals surface area (Å²) in [6, 6.07) is -0.00368. The highest BCUT2D eigenvalue weighted by Gasteiger charge is 2.21. The molecule has 2 amide bonds. The minimum absolute atomic E-state index is 0.0989. The van der Waals surface area contributed by atoms with Crippen LogP contribution in [0.25, 0.3) is 0 Å². The fourth-order valence-corrected chi connectivity index (χ4v) is 1.67. The predicted octanol–water partition coefficient (Wildman–Crippen LogP) is 1.26. The Morgan fingerprint density at radius 2 is 2.36 bits per heavy atom. The van der Waals surface area contributed by atoms with Crippen LogP contribution < -0.4 is 10.6 Å². The molecule has 2 unspecified atom stereocenters. The summed E-state index contributed by atoms with van der Waals surface area (Å²) < 4.78 is 5.58. The summed E-state index contributed by atoms with van der Waals surface area (Å²) in [5.41, 5.74) is 0. The molecule has 14 heavy (non-hydrogen) atoms. The number of ether oxygens (including phenoxy) is 1. The van der Waals surface area contributed by atoms with Crippen LogP contribution >= 0.6 is 0 Å². The Bertz CT molecular complexity index is 179. The van der Waals surface area contributed by atoms with Crippen molar-refractivity contribution in [2.75, 3.05) is 13.2 Å². The smallest absolute Gasteiger partial charge is 0.315 e. The Morgan fingerprint density at radius 3 is 2.93 bits per heavy atom. The van der Waals surface area contributed by atoms with Gasteiger partial charge in [-0.3, -0.25) is 0 Å². The van der Waals surface area contributed by atoms with Crippen LogP contribution in [0.5, 0.6) is 0 Å². The van der Waals surface area contributed by atoms with E-state index in [-0.39, 0.29) is 18.2 Å². The predicted molar refractivity (Wildman–Crippen MR) is 55.3 cm³/mol. The topological polar surface area (TPSA) is 50.4 Å². The van der Waals surface area contributed by atoms with Gasteiger partial charge >= 0.3 is 6.03 Å². The van der Waals surface area contributed by atoms with Crippen molar-refractivity contribution in [2.45, 2.75) is 45.3 Å². The number of urea groups is 1. The Morgan fingerprint density at radius 1 is 1.57 bits per heavy atom. The first kappa shape index (κ1) is 11.3. The van der Waals surface area contributed by atoms with E-state index in [1.807, 2.05) is 13.8 Å². The van der Waals surface area contributed by atoms with Gasteiger partial charge in [-0.2, -0.15) is 0 Å². The number of rotatable bonds is 3. The molecule has 82 valence electrons. The minimum Gasteiger partial charge on any atom is -0.376 e. The zero-order valence-corrected chi connectivity index (χ0v) is 9.01. The van der Waals surface area contributed by atoms with Gasteiger partial charge in [0.25, 0.3) is 0 Å². The van der Waals surface area contributed by atoms with Gasteiger partial charge in [0.2, 0.25) is 0 Å². The molecule has 0 aromatic rings. The van der Waals surface area contributed by atoms with Crippen LogP contribution in [0.2, 0.25) is 0 Å². The lowest BCUT2D eigenvalue weighted by molar-refractivity contribution is -0.00133. The van der Waals surface area contributed by atoms with Crippen LogP contribution in [0, 0.1) is 0 Å². The molecule has 4 heteroatoms. The van der Waals surface area contributed by atoms with Crippen molar-refractivity contribution in [2.24, 2.45) is 0 Å². The third-order valence-corrected chi connectivity index (χ3v) is 2.47. The molecule has 1 aliphatic heterocycles. The maximum absolute atomic E-state index is 11.2. The zero-order valence-electron chi connectivity index (χ0n) is 9.01. The summed E-state index contributed by atoms with van der Waals surface area (Å²) >= 11 is 0. The maximum Gasteiger partial charge on any atom is 0.315 e. The van der Waals surface area contributed by atoms with Crippen molar-refractivity contribution >= 4 is 6.03 Å². The molecule has 2 N–H and O–H groups in total. The second-order valence-corrected chi connectivity index (χ2v) is 3.70. The number of carbonyl (C=O) groups is 1. The molecule has 4 nitrogen and oxygen atoms in total. The van der Waals surface area contributed by atoms with Crippen molar-refractivity contribution in [1.29, 1.82) is 0 Å². The molecular formula is C10H20N2O2. The molecular weight excluding hydrogens is 180 g/mol. The fourth-order valence-electron chi connectivity index (χ4n) is 1.67. The lowest BCUT2D eigenvalue weighted by Gasteiger charge is -2.28. The third-order valence-electron chi connectivity index (χ3n) is 2.47. The first-order valence-electron chi connectivity index (χ1n) is 5.40. The lowest BCUT2D eigenvalue weighted by atomic mass is 10.0. The van der Waals surface area contributed by atoms with E-state index in [9.17, 15) is 4.79 Å². The van der Waals surface area contributed by atoms with E-state index in [2.05, 4.69) is 10.6 Å². The summed E-state index contributed by atoms with van der Waals surface area (Å²) in [6.07, 6.45) is 3.58. The van der Waals surface area contributed by atoms with Gasteiger partial charge in [0, 0.05) is 13.2 Å². The van der Waals surface area contributed by atoms with E-state index in [4.69, 9.17) is 4.74 Å². The quantitative estimate of drug-likeness (QED) is 0.720. The normalized spacial score (nSPS) is 24.0. The van der Waals surface area contributed by atoms with Gasteiger partial charge < -0.3 is 15.4 Å². The Balaban J connectivity index is 2.25. The standard InChI is InChI=1S/C10H20N2O2/c1-3-11-10(13)12-8(2)9-6-4-5-7-14-9/h8-9H,3-7H2,1-2H3,(H2,11,12,13). The number of hydrogen-bond donors (Lipinski definition) is 2. The van der Waals surface area contributed by atoms with Crippen molar-refractivity contribution in [3.63, 3.8) is 0 Å². The van der Waals surface area contributed by atoms with Gasteiger partial charge in [0.15, 0.2) is 0 Å².